The van der Waals surface area contributed by atoms with Crippen molar-refractivity contribution in [2.45, 2.75) is 58.8 Å². The van der Waals surface area contributed by atoms with E-state index in [0.717, 1.165) is 5.92 Å². The molecule has 1 rings (SSSR count). The average molecular weight is 268 g/mol. The van der Waals surface area contributed by atoms with Gasteiger partial charge in [-0.2, -0.15) is 19.2 Å². The van der Waals surface area contributed by atoms with Crippen LogP contribution in [0.25, 0.3) is 0 Å². The molecule has 4 heteroatoms. The molecule has 0 aromatic carbocycles. The molecule has 1 unspecified atom stereocenters. The summed E-state index contributed by atoms with van der Waals surface area (Å²) in [6.07, 6.45) is 12.5. The van der Waals surface area contributed by atoms with Crippen LogP contribution < -0.4 is 0 Å². The molecule has 0 radical (unpaired) electrons. The molecule has 4 nitrogen and oxygen atoms in total. The average Bonchev–Trinajstić information content (AvgIpc) is 3.10. The van der Waals surface area contributed by atoms with Gasteiger partial charge in [-0.25, -0.2) is 0 Å². The lowest BCUT2D eigenvalue weighted by molar-refractivity contribution is -0.193. The first-order valence-corrected chi connectivity index (χ1v) is 6.73. The zero-order valence-electron chi connectivity index (χ0n) is 11.9. The molecule has 0 aliphatic heterocycles. The fourth-order valence-corrected chi connectivity index (χ4v) is 2.47. The highest BCUT2D eigenvalue weighted by atomic mass is 16.2. The molecule has 0 N–H and O–H groups in total. The van der Waals surface area contributed by atoms with Crippen molar-refractivity contribution in [3.8, 4) is 0 Å². The van der Waals surface area contributed by atoms with Gasteiger partial charge in [0.15, 0.2) is 0 Å². The lowest BCUT2D eigenvalue weighted by Crippen LogP contribution is -2.03. The molecular formula is C15H24O4. The second-order valence-electron chi connectivity index (χ2n) is 4.78. The molecule has 0 aromatic heterocycles. The standard InChI is InChI=1S/C13H24.2CO2/c1-4-7-9-13(10-8-5-2)11-12(13)6-3;2*2-1-3/h6,12H,3-5,7-11H2,1-2H3;;. The van der Waals surface area contributed by atoms with Crippen LogP contribution in [0.2, 0.25) is 0 Å². The van der Waals surface area contributed by atoms with E-state index >= 15 is 0 Å². The Morgan fingerprint density at radius 1 is 1.05 bits per heavy atom. The van der Waals surface area contributed by atoms with E-state index in [0.29, 0.717) is 5.41 Å². The Morgan fingerprint density at radius 2 is 1.42 bits per heavy atom. The van der Waals surface area contributed by atoms with E-state index in [9.17, 15) is 0 Å². The van der Waals surface area contributed by atoms with Gasteiger partial charge in [-0.05, 0) is 30.6 Å². The highest BCUT2D eigenvalue weighted by molar-refractivity contribution is 5.20. The molecule has 1 aliphatic rings. The number of hydrogen-bond donors (Lipinski definition) is 0. The van der Waals surface area contributed by atoms with Crippen LogP contribution in [-0.4, -0.2) is 12.3 Å². The summed E-state index contributed by atoms with van der Waals surface area (Å²) in [7, 11) is 0. The fraction of sp³-hybridized carbons (Fsp3) is 0.733. The second kappa shape index (κ2) is 12.9. The Hall–Kier alpha value is -1.50. The van der Waals surface area contributed by atoms with Crippen molar-refractivity contribution in [1.29, 1.82) is 0 Å². The van der Waals surface area contributed by atoms with Crippen LogP contribution in [0.15, 0.2) is 12.7 Å². The van der Waals surface area contributed by atoms with Gasteiger partial charge >= 0.3 is 12.3 Å². The van der Waals surface area contributed by atoms with Gasteiger partial charge in [0.25, 0.3) is 0 Å². The van der Waals surface area contributed by atoms with Crippen LogP contribution in [0.1, 0.15) is 58.8 Å². The van der Waals surface area contributed by atoms with Crippen LogP contribution in [0.3, 0.4) is 0 Å². The van der Waals surface area contributed by atoms with E-state index in [1.54, 1.807) is 0 Å². The summed E-state index contributed by atoms with van der Waals surface area (Å²) in [4.78, 5) is 32.5. The van der Waals surface area contributed by atoms with E-state index in [4.69, 9.17) is 19.2 Å². The predicted molar refractivity (Wildman–Crippen MR) is 69.8 cm³/mol. The summed E-state index contributed by atoms with van der Waals surface area (Å²) < 4.78 is 0. The number of hydrogen-bond acceptors (Lipinski definition) is 4. The Bertz CT molecular complexity index is 277. The normalized spacial score (nSPS) is 17.5. The molecule has 1 aliphatic carbocycles. The van der Waals surface area contributed by atoms with Crippen molar-refractivity contribution < 1.29 is 19.2 Å². The van der Waals surface area contributed by atoms with Crippen LogP contribution in [0.5, 0.6) is 0 Å². The summed E-state index contributed by atoms with van der Waals surface area (Å²) >= 11 is 0. The molecule has 0 heterocycles. The lowest BCUT2D eigenvalue weighted by atomic mass is 9.90. The first-order chi connectivity index (χ1) is 9.12. The van der Waals surface area contributed by atoms with Crippen LogP contribution in [-0.2, 0) is 19.2 Å². The van der Waals surface area contributed by atoms with Crippen molar-refractivity contribution in [3.05, 3.63) is 12.7 Å². The fourth-order valence-electron chi connectivity index (χ4n) is 2.47. The van der Waals surface area contributed by atoms with E-state index in [2.05, 4.69) is 26.5 Å². The van der Waals surface area contributed by atoms with Crippen LogP contribution >= 0.6 is 0 Å². The summed E-state index contributed by atoms with van der Waals surface area (Å²) in [5, 5.41) is 0. The van der Waals surface area contributed by atoms with Crippen molar-refractivity contribution in [2.75, 3.05) is 0 Å². The smallest absolute Gasteiger partial charge is 0.186 e. The monoisotopic (exact) mass is 268 g/mol. The second-order valence-corrected chi connectivity index (χ2v) is 4.78. The summed E-state index contributed by atoms with van der Waals surface area (Å²) in [5.74, 6) is 0.852. The Morgan fingerprint density at radius 3 is 1.63 bits per heavy atom. The molecule has 0 aromatic rings. The molecule has 1 saturated carbocycles. The first-order valence-electron chi connectivity index (χ1n) is 6.73. The van der Waals surface area contributed by atoms with E-state index < -0.39 is 0 Å². The third-order valence-electron chi connectivity index (χ3n) is 3.59. The molecule has 108 valence electrons. The summed E-state index contributed by atoms with van der Waals surface area (Å²) in [6.45, 7) is 8.52. The molecule has 19 heavy (non-hydrogen) atoms. The van der Waals surface area contributed by atoms with Crippen molar-refractivity contribution in [3.63, 3.8) is 0 Å². The minimum absolute atomic E-state index is 0.250. The third-order valence-corrected chi connectivity index (χ3v) is 3.59. The third kappa shape index (κ3) is 9.12. The topological polar surface area (TPSA) is 68.3 Å². The highest BCUT2D eigenvalue weighted by Gasteiger charge is 2.50. The number of allylic oxidation sites excluding steroid dienone is 1. The van der Waals surface area contributed by atoms with Crippen LogP contribution in [0.4, 0.5) is 0 Å². The maximum atomic E-state index is 8.12. The van der Waals surface area contributed by atoms with E-state index in [1.807, 2.05) is 0 Å². The minimum atomic E-state index is 0.250. The Balaban J connectivity index is 0. The molecule has 0 bridgehead atoms. The molecular weight excluding hydrogens is 244 g/mol. The number of unbranched alkanes of at least 4 members (excludes halogenated alkanes) is 2. The van der Waals surface area contributed by atoms with Gasteiger partial charge in [-0.1, -0.05) is 45.6 Å². The van der Waals surface area contributed by atoms with Gasteiger partial charge in [-0.15, -0.1) is 6.58 Å². The zero-order valence-corrected chi connectivity index (χ0v) is 11.9. The van der Waals surface area contributed by atoms with Gasteiger partial charge in [0, 0.05) is 0 Å². The van der Waals surface area contributed by atoms with Gasteiger partial charge < -0.3 is 0 Å². The SMILES string of the molecule is C=CC1CC1(CCCC)CCCC.O=C=O.O=C=O. The van der Waals surface area contributed by atoms with Crippen molar-refractivity contribution >= 4 is 12.3 Å². The van der Waals surface area contributed by atoms with Gasteiger partial charge in [0.05, 0.1) is 0 Å². The van der Waals surface area contributed by atoms with Crippen molar-refractivity contribution in [1.82, 2.24) is 0 Å². The predicted octanol–water partition coefficient (Wildman–Crippen LogP) is 3.39. The Labute approximate surface area is 115 Å². The minimum Gasteiger partial charge on any atom is -0.186 e. The summed E-state index contributed by atoms with van der Waals surface area (Å²) in [6, 6.07) is 0. The van der Waals surface area contributed by atoms with Gasteiger partial charge in [0.2, 0.25) is 0 Å². The Kier molecular flexibility index (Phi) is 13.5. The largest absolute Gasteiger partial charge is 0.373 e. The van der Waals surface area contributed by atoms with E-state index in [-0.39, 0.29) is 12.3 Å². The number of carbonyl (C=O) groups excluding carboxylic acids is 4. The molecule has 1 atom stereocenters. The maximum absolute atomic E-state index is 8.12. The zero-order chi connectivity index (χ0) is 15.1. The van der Waals surface area contributed by atoms with Crippen molar-refractivity contribution in [2.24, 2.45) is 11.3 Å². The quantitative estimate of drug-likeness (QED) is 0.664. The van der Waals surface area contributed by atoms with Gasteiger partial charge in [-0.3, -0.25) is 0 Å². The van der Waals surface area contributed by atoms with E-state index in [1.165, 1.54) is 44.9 Å². The maximum Gasteiger partial charge on any atom is 0.373 e. The lowest BCUT2D eigenvalue weighted by Gasteiger charge is -2.15. The highest BCUT2D eigenvalue weighted by Crippen LogP contribution is 2.59. The first kappa shape index (κ1) is 19.8. The summed E-state index contributed by atoms with van der Waals surface area (Å²) in [5.41, 5.74) is 0.702. The van der Waals surface area contributed by atoms with Gasteiger partial charge in [0.1, 0.15) is 0 Å². The molecule has 1 fully saturated rings. The molecule has 0 amide bonds. The number of rotatable bonds is 7. The molecule has 0 saturated heterocycles. The van der Waals surface area contributed by atoms with Crippen LogP contribution in [0, 0.1) is 11.3 Å². The molecule has 0 spiro atoms.